The van der Waals surface area contributed by atoms with Crippen LogP contribution >= 0.6 is 0 Å². The number of esters is 1. The average molecular weight is 208 g/mol. The van der Waals surface area contributed by atoms with Crippen molar-refractivity contribution < 1.29 is 9.53 Å². The smallest absolute Gasteiger partial charge is 0.306 e. The predicted molar refractivity (Wildman–Crippen MR) is 57.4 cm³/mol. The van der Waals surface area contributed by atoms with Crippen molar-refractivity contribution in [2.75, 3.05) is 0 Å². The minimum Gasteiger partial charge on any atom is -0.462 e. The Hall–Kier alpha value is -0.530. The van der Waals surface area contributed by atoms with Gasteiger partial charge >= 0.3 is 5.97 Å². The summed E-state index contributed by atoms with van der Waals surface area (Å²) in [5.41, 5.74) is 0.407. The topological polar surface area (TPSA) is 26.3 Å². The number of fused-ring (bicyclic) bond motifs is 2. The van der Waals surface area contributed by atoms with Gasteiger partial charge in [-0.25, -0.2) is 0 Å². The van der Waals surface area contributed by atoms with E-state index in [-0.39, 0.29) is 12.1 Å². The fourth-order valence-corrected chi connectivity index (χ4v) is 4.00. The van der Waals surface area contributed by atoms with Crippen LogP contribution in [0.4, 0.5) is 0 Å². The largest absolute Gasteiger partial charge is 0.462 e. The van der Waals surface area contributed by atoms with Crippen molar-refractivity contribution in [3.63, 3.8) is 0 Å². The Morgan fingerprint density at radius 1 is 1.13 bits per heavy atom. The molecule has 0 spiro atoms. The summed E-state index contributed by atoms with van der Waals surface area (Å²) < 4.78 is 5.68. The standard InChI is InChI=1S/C13H20O2/c14-12-4-2-1-3-11(15-12)13-7-5-10(9-13)6-8-13/h10-11H,1-9H2. The van der Waals surface area contributed by atoms with Gasteiger partial charge in [0.25, 0.3) is 0 Å². The highest BCUT2D eigenvalue weighted by Crippen LogP contribution is 2.57. The van der Waals surface area contributed by atoms with Crippen molar-refractivity contribution in [2.45, 2.75) is 63.9 Å². The van der Waals surface area contributed by atoms with Gasteiger partial charge in [-0.3, -0.25) is 4.79 Å². The molecule has 0 aromatic heterocycles. The van der Waals surface area contributed by atoms with E-state index in [0.717, 1.165) is 18.8 Å². The molecule has 2 nitrogen and oxygen atoms in total. The Morgan fingerprint density at radius 2 is 1.93 bits per heavy atom. The Balaban J connectivity index is 1.77. The first-order valence-corrected chi connectivity index (χ1v) is 6.48. The van der Waals surface area contributed by atoms with E-state index in [4.69, 9.17) is 4.74 Å². The van der Waals surface area contributed by atoms with Crippen LogP contribution in [0.15, 0.2) is 0 Å². The van der Waals surface area contributed by atoms with Crippen LogP contribution < -0.4 is 0 Å². The van der Waals surface area contributed by atoms with Gasteiger partial charge < -0.3 is 4.74 Å². The van der Waals surface area contributed by atoms with Gasteiger partial charge in [-0.1, -0.05) is 0 Å². The lowest BCUT2D eigenvalue weighted by Crippen LogP contribution is -2.34. The molecule has 0 aromatic rings. The van der Waals surface area contributed by atoms with E-state index in [1.54, 1.807) is 0 Å². The molecule has 3 aliphatic rings. The Bertz CT molecular complexity index is 264. The van der Waals surface area contributed by atoms with Crippen molar-refractivity contribution in [1.29, 1.82) is 0 Å². The molecule has 1 saturated heterocycles. The molecular formula is C13H20O2. The number of hydrogen-bond acceptors (Lipinski definition) is 2. The quantitative estimate of drug-likeness (QED) is 0.619. The average Bonchev–Trinajstić information content (AvgIpc) is 2.77. The highest BCUT2D eigenvalue weighted by Gasteiger charge is 2.51. The monoisotopic (exact) mass is 208 g/mol. The molecule has 1 unspecified atom stereocenters. The zero-order valence-electron chi connectivity index (χ0n) is 9.34. The van der Waals surface area contributed by atoms with Gasteiger partial charge in [-0.15, -0.1) is 0 Å². The summed E-state index contributed by atoms with van der Waals surface area (Å²) in [5.74, 6) is 1.01. The van der Waals surface area contributed by atoms with Gasteiger partial charge in [0, 0.05) is 11.8 Å². The second-order valence-corrected chi connectivity index (χ2v) is 5.73. The maximum Gasteiger partial charge on any atom is 0.306 e. The van der Waals surface area contributed by atoms with Crippen LogP contribution in [0.3, 0.4) is 0 Å². The summed E-state index contributed by atoms with van der Waals surface area (Å²) in [6.07, 6.45) is 11.0. The Morgan fingerprint density at radius 3 is 2.60 bits per heavy atom. The second-order valence-electron chi connectivity index (χ2n) is 5.73. The SMILES string of the molecule is O=C1CCCCC(C23CCC(CC2)C3)O1. The summed E-state index contributed by atoms with van der Waals surface area (Å²) >= 11 is 0. The molecule has 2 aliphatic carbocycles. The Kier molecular flexibility index (Phi) is 2.26. The minimum absolute atomic E-state index is 0.0576. The maximum atomic E-state index is 11.5. The van der Waals surface area contributed by atoms with E-state index >= 15 is 0 Å². The molecule has 3 rings (SSSR count). The van der Waals surface area contributed by atoms with Crippen LogP contribution in [0.1, 0.15) is 57.8 Å². The molecular weight excluding hydrogens is 188 g/mol. The van der Waals surface area contributed by atoms with E-state index in [1.165, 1.54) is 38.5 Å². The molecule has 0 aromatic carbocycles. The number of cyclic esters (lactones) is 1. The lowest BCUT2D eigenvalue weighted by atomic mass is 9.77. The molecule has 0 radical (unpaired) electrons. The second kappa shape index (κ2) is 3.50. The van der Waals surface area contributed by atoms with Crippen molar-refractivity contribution in [2.24, 2.45) is 11.3 Å². The first kappa shape index (κ1) is 9.68. The van der Waals surface area contributed by atoms with Crippen LogP contribution in [0.2, 0.25) is 0 Å². The van der Waals surface area contributed by atoms with E-state index in [1.807, 2.05) is 0 Å². The highest BCUT2D eigenvalue weighted by molar-refractivity contribution is 5.69. The van der Waals surface area contributed by atoms with Crippen LogP contribution in [-0.4, -0.2) is 12.1 Å². The third kappa shape index (κ3) is 1.58. The number of ether oxygens (including phenoxy) is 1. The van der Waals surface area contributed by atoms with Crippen molar-refractivity contribution >= 4 is 5.97 Å². The number of hydrogen-bond donors (Lipinski definition) is 0. The molecule has 1 aliphatic heterocycles. The molecule has 2 saturated carbocycles. The fourth-order valence-electron chi connectivity index (χ4n) is 4.00. The molecule has 0 amide bonds. The summed E-state index contributed by atoms with van der Waals surface area (Å²) in [6.45, 7) is 0. The third-order valence-corrected chi connectivity index (χ3v) is 4.85. The molecule has 1 atom stereocenters. The molecule has 1 heterocycles. The molecule has 3 fully saturated rings. The van der Waals surface area contributed by atoms with Crippen LogP contribution in [0, 0.1) is 11.3 Å². The molecule has 2 bridgehead atoms. The van der Waals surface area contributed by atoms with Crippen molar-refractivity contribution in [1.82, 2.24) is 0 Å². The molecule has 84 valence electrons. The molecule has 0 N–H and O–H groups in total. The van der Waals surface area contributed by atoms with Gasteiger partial charge in [0.15, 0.2) is 0 Å². The van der Waals surface area contributed by atoms with Crippen LogP contribution in [0.5, 0.6) is 0 Å². The Labute approximate surface area is 91.4 Å². The maximum absolute atomic E-state index is 11.5. The van der Waals surface area contributed by atoms with Crippen LogP contribution in [-0.2, 0) is 9.53 Å². The van der Waals surface area contributed by atoms with E-state index < -0.39 is 0 Å². The normalized spacial score (nSPS) is 45.2. The zero-order chi connectivity index (χ0) is 10.3. The lowest BCUT2D eigenvalue weighted by Gasteiger charge is -2.34. The van der Waals surface area contributed by atoms with Gasteiger partial charge in [0.2, 0.25) is 0 Å². The first-order chi connectivity index (χ1) is 7.28. The van der Waals surface area contributed by atoms with Gasteiger partial charge in [0.1, 0.15) is 6.10 Å². The first-order valence-electron chi connectivity index (χ1n) is 6.48. The minimum atomic E-state index is 0.0576. The number of carbonyl (C=O) groups excluding carboxylic acids is 1. The fraction of sp³-hybridized carbons (Fsp3) is 0.923. The number of rotatable bonds is 1. The van der Waals surface area contributed by atoms with Gasteiger partial charge in [-0.2, -0.15) is 0 Å². The van der Waals surface area contributed by atoms with Crippen molar-refractivity contribution in [3.8, 4) is 0 Å². The highest BCUT2D eigenvalue weighted by atomic mass is 16.5. The van der Waals surface area contributed by atoms with Gasteiger partial charge in [0.05, 0.1) is 0 Å². The summed E-state index contributed by atoms with van der Waals surface area (Å²) in [5, 5.41) is 0. The third-order valence-electron chi connectivity index (χ3n) is 4.85. The predicted octanol–water partition coefficient (Wildman–Crippen LogP) is 3.05. The molecule has 15 heavy (non-hydrogen) atoms. The van der Waals surface area contributed by atoms with E-state index in [9.17, 15) is 4.79 Å². The lowest BCUT2D eigenvalue weighted by molar-refractivity contribution is -0.155. The van der Waals surface area contributed by atoms with E-state index in [2.05, 4.69) is 0 Å². The van der Waals surface area contributed by atoms with Gasteiger partial charge in [-0.05, 0) is 57.3 Å². The van der Waals surface area contributed by atoms with Crippen LogP contribution in [0.25, 0.3) is 0 Å². The molecule has 2 heteroatoms. The summed E-state index contributed by atoms with van der Waals surface area (Å²) in [4.78, 5) is 11.5. The summed E-state index contributed by atoms with van der Waals surface area (Å²) in [7, 11) is 0. The van der Waals surface area contributed by atoms with E-state index in [0.29, 0.717) is 11.8 Å². The number of carbonyl (C=O) groups is 1. The van der Waals surface area contributed by atoms with Crippen molar-refractivity contribution in [3.05, 3.63) is 0 Å². The summed E-state index contributed by atoms with van der Waals surface area (Å²) in [6, 6.07) is 0. The zero-order valence-corrected chi connectivity index (χ0v) is 9.34.